The summed E-state index contributed by atoms with van der Waals surface area (Å²) in [5.41, 5.74) is -0.119. The molecule has 4 rings (SSSR count). The Hall–Kier alpha value is -1.86. The van der Waals surface area contributed by atoms with Gasteiger partial charge in [-0.1, -0.05) is 19.1 Å². The number of piperidine rings is 1. The first-order chi connectivity index (χ1) is 11.6. The summed E-state index contributed by atoms with van der Waals surface area (Å²) in [6.45, 7) is 4.26. The van der Waals surface area contributed by atoms with Crippen molar-refractivity contribution in [1.29, 1.82) is 0 Å². The monoisotopic (exact) mass is 331 g/mol. The van der Waals surface area contributed by atoms with E-state index in [9.17, 15) is 9.50 Å². The molecule has 0 spiro atoms. The van der Waals surface area contributed by atoms with E-state index in [0.717, 1.165) is 37.3 Å². The highest BCUT2D eigenvalue weighted by molar-refractivity contribution is 5.24. The van der Waals surface area contributed by atoms with Crippen molar-refractivity contribution >= 4 is 0 Å². The van der Waals surface area contributed by atoms with Crippen LogP contribution in [0.5, 0.6) is 0 Å². The molecule has 0 unspecified atom stereocenters. The molecular formula is C17H22FN5O. The van der Waals surface area contributed by atoms with Crippen LogP contribution in [0.4, 0.5) is 4.39 Å². The second-order valence-corrected chi connectivity index (χ2v) is 7.09. The molecule has 1 aliphatic heterocycles. The van der Waals surface area contributed by atoms with Gasteiger partial charge >= 0.3 is 0 Å². The van der Waals surface area contributed by atoms with E-state index in [2.05, 4.69) is 20.4 Å². The summed E-state index contributed by atoms with van der Waals surface area (Å²) in [5, 5.41) is 23.2. The predicted octanol–water partition coefficient (Wildman–Crippen LogP) is 1.88. The van der Waals surface area contributed by atoms with Gasteiger partial charge in [-0.3, -0.25) is 4.90 Å². The molecule has 2 heterocycles. The molecular weight excluding hydrogens is 309 g/mol. The lowest BCUT2D eigenvalue weighted by Crippen LogP contribution is -2.48. The molecule has 6 nitrogen and oxygen atoms in total. The van der Waals surface area contributed by atoms with E-state index in [1.165, 1.54) is 12.1 Å². The van der Waals surface area contributed by atoms with E-state index in [0.29, 0.717) is 19.0 Å². The van der Waals surface area contributed by atoms with Crippen molar-refractivity contribution in [2.45, 2.75) is 44.4 Å². The number of tetrazole rings is 1. The first kappa shape index (κ1) is 15.7. The van der Waals surface area contributed by atoms with Crippen LogP contribution in [-0.4, -0.2) is 43.3 Å². The highest BCUT2D eigenvalue weighted by atomic mass is 19.1. The number of aromatic nitrogens is 4. The van der Waals surface area contributed by atoms with E-state index in [1.54, 1.807) is 12.1 Å². The maximum atomic E-state index is 13.1. The third-order valence-corrected chi connectivity index (χ3v) is 5.32. The summed E-state index contributed by atoms with van der Waals surface area (Å²) in [6, 6.07) is 6.67. The van der Waals surface area contributed by atoms with Crippen molar-refractivity contribution in [3.05, 3.63) is 41.5 Å². The summed E-state index contributed by atoms with van der Waals surface area (Å²) < 4.78 is 15.1. The minimum atomic E-state index is -0.910. The Labute approximate surface area is 140 Å². The Kier molecular flexibility index (Phi) is 3.85. The van der Waals surface area contributed by atoms with E-state index < -0.39 is 5.60 Å². The topological polar surface area (TPSA) is 67.1 Å². The normalized spacial score (nSPS) is 28.2. The lowest BCUT2D eigenvalue weighted by Gasteiger charge is -2.43. The third kappa shape index (κ3) is 2.82. The average Bonchev–Trinajstić information content (AvgIpc) is 3.31. The standard InChI is InChI=1S/C17H22FN5O/c1-12-10-22(11-16-19-20-21-23(16)15-6-7-15)9-8-17(12,24)13-2-4-14(18)5-3-13/h2-5,12,15,24H,6-11H2,1H3/t12-,17+/m0/s1. The van der Waals surface area contributed by atoms with Crippen LogP contribution in [-0.2, 0) is 12.1 Å². The number of halogens is 1. The van der Waals surface area contributed by atoms with E-state index in [1.807, 2.05) is 11.6 Å². The van der Waals surface area contributed by atoms with Gasteiger partial charge in [0.1, 0.15) is 5.82 Å². The number of hydrogen-bond acceptors (Lipinski definition) is 5. The number of benzene rings is 1. The van der Waals surface area contributed by atoms with Gasteiger partial charge < -0.3 is 5.11 Å². The van der Waals surface area contributed by atoms with Crippen molar-refractivity contribution in [3.8, 4) is 0 Å². The van der Waals surface area contributed by atoms with Crippen LogP contribution in [0, 0.1) is 11.7 Å². The molecule has 128 valence electrons. The SMILES string of the molecule is C[C@H]1CN(Cc2nnnn2C2CC2)CC[C@]1(O)c1ccc(F)cc1. The molecule has 2 fully saturated rings. The predicted molar refractivity (Wildman–Crippen MR) is 85.4 cm³/mol. The highest BCUT2D eigenvalue weighted by Crippen LogP contribution is 2.38. The fourth-order valence-electron chi connectivity index (χ4n) is 3.63. The number of likely N-dealkylation sites (tertiary alicyclic amines) is 1. The van der Waals surface area contributed by atoms with Gasteiger partial charge in [0, 0.05) is 19.0 Å². The van der Waals surface area contributed by atoms with Gasteiger partial charge in [0.25, 0.3) is 0 Å². The maximum Gasteiger partial charge on any atom is 0.165 e. The highest BCUT2D eigenvalue weighted by Gasteiger charge is 2.40. The molecule has 1 saturated heterocycles. The first-order valence-electron chi connectivity index (χ1n) is 8.54. The quantitative estimate of drug-likeness (QED) is 0.926. The molecule has 0 radical (unpaired) electrons. The molecule has 1 saturated carbocycles. The second-order valence-electron chi connectivity index (χ2n) is 7.09. The van der Waals surface area contributed by atoms with Gasteiger partial charge in [-0.2, -0.15) is 0 Å². The molecule has 0 bridgehead atoms. The molecule has 2 atom stereocenters. The lowest BCUT2D eigenvalue weighted by molar-refractivity contribution is -0.0734. The van der Waals surface area contributed by atoms with Crippen molar-refractivity contribution in [3.63, 3.8) is 0 Å². The summed E-state index contributed by atoms with van der Waals surface area (Å²) in [7, 11) is 0. The van der Waals surface area contributed by atoms with Crippen LogP contribution in [0.3, 0.4) is 0 Å². The average molecular weight is 331 g/mol. The minimum absolute atomic E-state index is 0.0435. The fraction of sp³-hybridized carbons (Fsp3) is 0.588. The lowest BCUT2D eigenvalue weighted by atomic mass is 9.77. The molecule has 7 heteroatoms. The van der Waals surface area contributed by atoms with Crippen LogP contribution in [0.2, 0.25) is 0 Å². The van der Waals surface area contributed by atoms with E-state index >= 15 is 0 Å². The number of rotatable bonds is 4. The number of aliphatic hydroxyl groups is 1. The van der Waals surface area contributed by atoms with Crippen molar-refractivity contribution in [2.24, 2.45) is 5.92 Å². The van der Waals surface area contributed by atoms with E-state index in [-0.39, 0.29) is 11.7 Å². The Morgan fingerprint density at radius 1 is 1.29 bits per heavy atom. The molecule has 1 N–H and O–H groups in total. The zero-order valence-electron chi connectivity index (χ0n) is 13.8. The van der Waals surface area contributed by atoms with Crippen molar-refractivity contribution in [2.75, 3.05) is 13.1 Å². The summed E-state index contributed by atoms with van der Waals surface area (Å²) >= 11 is 0. The second kappa shape index (κ2) is 5.89. The number of hydrogen-bond donors (Lipinski definition) is 1. The zero-order valence-corrected chi connectivity index (χ0v) is 13.8. The van der Waals surface area contributed by atoms with Gasteiger partial charge in [-0.25, -0.2) is 9.07 Å². The molecule has 1 aromatic carbocycles. The maximum absolute atomic E-state index is 13.1. The van der Waals surface area contributed by atoms with Crippen LogP contribution in [0.25, 0.3) is 0 Å². The molecule has 2 aliphatic rings. The van der Waals surface area contributed by atoms with Crippen LogP contribution in [0.15, 0.2) is 24.3 Å². The molecule has 2 aromatic rings. The fourth-order valence-corrected chi connectivity index (χ4v) is 3.63. The van der Waals surface area contributed by atoms with Gasteiger partial charge in [0.05, 0.1) is 18.2 Å². The summed E-state index contributed by atoms with van der Waals surface area (Å²) in [6.07, 6.45) is 2.92. The van der Waals surface area contributed by atoms with Crippen LogP contribution < -0.4 is 0 Å². The smallest absolute Gasteiger partial charge is 0.165 e. The Morgan fingerprint density at radius 2 is 2.04 bits per heavy atom. The Bertz CT molecular complexity index is 714. The number of nitrogens with zero attached hydrogens (tertiary/aromatic N) is 5. The van der Waals surface area contributed by atoms with Crippen molar-refractivity contribution < 1.29 is 9.50 Å². The largest absolute Gasteiger partial charge is 0.385 e. The van der Waals surface area contributed by atoms with Gasteiger partial charge in [-0.05, 0) is 47.4 Å². The Morgan fingerprint density at radius 3 is 2.71 bits per heavy atom. The molecule has 24 heavy (non-hydrogen) atoms. The van der Waals surface area contributed by atoms with Gasteiger partial charge in [-0.15, -0.1) is 5.10 Å². The van der Waals surface area contributed by atoms with E-state index in [4.69, 9.17) is 0 Å². The minimum Gasteiger partial charge on any atom is -0.385 e. The third-order valence-electron chi connectivity index (χ3n) is 5.32. The van der Waals surface area contributed by atoms with Crippen LogP contribution >= 0.6 is 0 Å². The molecule has 0 amide bonds. The first-order valence-corrected chi connectivity index (χ1v) is 8.54. The van der Waals surface area contributed by atoms with Gasteiger partial charge in [0.2, 0.25) is 0 Å². The zero-order chi connectivity index (χ0) is 16.7. The summed E-state index contributed by atoms with van der Waals surface area (Å²) in [4.78, 5) is 2.28. The molecule has 1 aliphatic carbocycles. The summed E-state index contributed by atoms with van der Waals surface area (Å²) in [5.74, 6) is 0.665. The van der Waals surface area contributed by atoms with Crippen molar-refractivity contribution in [1.82, 2.24) is 25.1 Å². The molecule has 1 aromatic heterocycles. The van der Waals surface area contributed by atoms with Gasteiger partial charge in [0.15, 0.2) is 5.82 Å². The Balaban J connectivity index is 1.46. The van der Waals surface area contributed by atoms with Crippen LogP contribution in [0.1, 0.15) is 43.6 Å².